The smallest absolute Gasteiger partial charge is 0.416 e. The molecule has 1 aliphatic heterocycles. The number of aryl methyl sites for hydroxylation is 1. The molecule has 1 amide bonds. The van der Waals surface area contributed by atoms with E-state index < -0.39 is 23.8 Å². The highest BCUT2D eigenvalue weighted by molar-refractivity contribution is 7.17. The summed E-state index contributed by atoms with van der Waals surface area (Å²) in [7, 11) is 0. The molecule has 2 heterocycles. The lowest BCUT2D eigenvalue weighted by molar-refractivity contribution is -0.150. The molecule has 0 bridgehead atoms. The van der Waals surface area contributed by atoms with Gasteiger partial charge in [-0.1, -0.05) is 18.2 Å². The topological polar surface area (TPSA) is 68.7 Å². The molecule has 4 rings (SSSR count). The Kier molecular flexibility index (Phi) is 7.35. The van der Waals surface area contributed by atoms with Crippen molar-refractivity contribution >= 4 is 23.2 Å². The number of ether oxygens (including phenoxy) is 2. The van der Waals surface area contributed by atoms with E-state index in [4.69, 9.17) is 9.47 Å². The lowest BCUT2D eigenvalue weighted by Crippen LogP contribution is -2.36. The van der Waals surface area contributed by atoms with Gasteiger partial charge in [0.25, 0.3) is 5.91 Å². The SMILES string of the molecule is CCOC(=O)C(C)Oc1ccc2c(c1)CCN(C(=O)c1sc(-c3ccc(C(F)(F)F)cc3)nc1C)C2. The van der Waals surface area contributed by atoms with Crippen molar-refractivity contribution in [1.82, 2.24) is 9.88 Å². The lowest BCUT2D eigenvalue weighted by Gasteiger charge is -2.29. The van der Waals surface area contributed by atoms with Gasteiger partial charge in [0.1, 0.15) is 15.6 Å². The van der Waals surface area contributed by atoms with E-state index >= 15 is 0 Å². The number of esters is 1. The quantitative estimate of drug-likeness (QED) is 0.394. The number of carbonyl (C=O) groups excluding carboxylic acids is 2. The Morgan fingerprint density at radius 3 is 2.53 bits per heavy atom. The van der Waals surface area contributed by atoms with Crippen LogP contribution in [0.2, 0.25) is 0 Å². The van der Waals surface area contributed by atoms with Crippen LogP contribution in [-0.4, -0.2) is 41.0 Å². The number of halogens is 3. The number of nitrogens with zero attached hydrogens (tertiary/aromatic N) is 2. The average molecular weight is 519 g/mol. The summed E-state index contributed by atoms with van der Waals surface area (Å²) in [5.74, 6) is -0.0266. The van der Waals surface area contributed by atoms with Gasteiger partial charge in [-0.3, -0.25) is 4.79 Å². The summed E-state index contributed by atoms with van der Waals surface area (Å²) in [5.41, 5.74) is 2.37. The summed E-state index contributed by atoms with van der Waals surface area (Å²) in [5, 5.41) is 0.500. The third kappa shape index (κ3) is 5.53. The third-order valence-corrected chi connectivity index (χ3v) is 7.05. The van der Waals surface area contributed by atoms with Crippen molar-refractivity contribution in [1.29, 1.82) is 0 Å². The molecule has 0 aliphatic carbocycles. The Bertz CT molecular complexity index is 1270. The molecule has 1 atom stereocenters. The van der Waals surface area contributed by atoms with E-state index in [-0.39, 0.29) is 12.5 Å². The molecule has 1 aliphatic rings. The molecule has 0 radical (unpaired) electrons. The summed E-state index contributed by atoms with van der Waals surface area (Å²) in [6.07, 6.45) is -4.51. The summed E-state index contributed by atoms with van der Waals surface area (Å²) in [6.45, 7) is 6.29. The molecule has 0 spiro atoms. The van der Waals surface area contributed by atoms with Crippen LogP contribution >= 0.6 is 11.3 Å². The molecule has 1 unspecified atom stereocenters. The van der Waals surface area contributed by atoms with Gasteiger partial charge in [0.05, 0.1) is 17.9 Å². The first kappa shape index (κ1) is 25.7. The van der Waals surface area contributed by atoms with E-state index in [0.29, 0.717) is 46.4 Å². The van der Waals surface area contributed by atoms with Crippen LogP contribution in [0.3, 0.4) is 0 Å². The predicted molar refractivity (Wildman–Crippen MR) is 129 cm³/mol. The second-order valence-electron chi connectivity index (χ2n) is 8.43. The number of amides is 1. The van der Waals surface area contributed by atoms with E-state index in [1.807, 2.05) is 12.1 Å². The molecule has 6 nitrogen and oxygen atoms in total. The van der Waals surface area contributed by atoms with E-state index in [1.165, 1.54) is 23.5 Å². The highest BCUT2D eigenvalue weighted by Gasteiger charge is 2.30. The van der Waals surface area contributed by atoms with Crippen molar-refractivity contribution in [2.45, 2.75) is 46.0 Å². The van der Waals surface area contributed by atoms with Gasteiger partial charge in [-0.05, 0) is 62.6 Å². The minimum atomic E-state index is -4.41. The van der Waals surface area contributed by atoms with Crippen molar-refractivity contribution < 1.29 is 32.2 Å². The van der Waals surface area contributed by atoms with Crippen LogP contribution in [0.15, 0.2) is 42.5 Å². The van der Waals surface area contributed by atoms with Crippen molar-refractivity contribution in [3.63, 3.8) is 0 Å². The second kappa shape index (κ2) is 10.3. The molecular weight excluding hydrogens is 493 g/mol. The summed E-state index contributed by atoms with van der Waals surface area (Å²) in [6, 6.07) is 10.3. The maximum absolute atomic E-state index is 13.3. The number of carbonyl (C=O) groups is 2. The maximum atomic E-state index is 13.3. The van der Waals surface area contributed by atoms with Gasteiger partial charge in [0, 0.05) is 18.7 Å². The molecule has 0 saturated heterocycles. The highest BCUT2D eigenvalue weighted by Crippen LogP contribution is 2.34. The lowest BCUT2D eigenvalue weighted by atomic mass is 9.99. The standard InChI is InChI=1S/C26H25F3N2O4S/c1-4-34-25(33)16(3)35-21-10-7-19-14-31(12-11-18(19)13-21)24(32)22-15(2)30-23(36-22)17-5-8-20(9-6-17)26(27,28)29/h5-10,13,16H,4,11-12,14H2,1-3H3. The number of thiazole rings is 1. The Balaban J connectivity index is 1.46. The number of alkyl halides is 3. The largest absolute Gasteiger partial charge is 0.479 e. The normalized spacial score (nSPS) is 14.2. The molecular formula is C26H25F3N2O4S. The van der Waals surface area contributed by atoms with Gasteiger partial charge >= 0.3 is 12.1 Å². The zero-order valence-electron chi connectivity index (χ0n) is 20.0. The van der Waals surface area contributed by atoms with Crippen molar-refractivity contribution in [3.8, 4) is 16.3 Å². The fraction of sp³-hybridized carbons (Fsp3) is 0.346. The van der Waals surface area contributed by atoms with E-state index in [0.717, 1.165) is 23.3 Å². The van der Waals surface area contributed by atoms with Crippen molar-refractivity contribution in [3.05, 3.63) is 69.7 Å². The number of benzene rings is 2. The molecule has 1 aromatic heterocycles. The maximum Gasteiger partial charge on any atom is 0.416 e. The van der Waals surface area contributed by atoms with E-state index in [9.17, 15) is 22.8 Å². The summed E-state index contributed by atoms with van der Waals surface area (Å²) >= 11 is 1.18. The van der Waals surface area contributed by atoms with E-state index in [2.05, 4.69) is 4.98 Å². The highest BCUT2D eigenvalue weighted by atomic mass is 32.1. The Labute approximate surface area is 210 Å². The molecule has 36 heavy (non-hydrogen) atoms. The Morgan fingerprint density at radius 1 is 1.14 bits per heavy atom. The number of rotatable bonds is 6. The molecule has 10 heteroatoms. The van der Waals surface area contributed by atoms with Gasteiger partial charge in [-0.2, -0.15) is 13.2 Å². The zero-order valence-corrected chi connectivity index (χ0v) is 20.8. The number of hydrogen-bond acceptors (Lipinski definition) is 6. The molecule has 0 N–H and O–H groups in total. The first-order valence-corrected chi connectivity index (χ1v) is 12.3. The fourth-order valence-electron chi connectivity index (χ4n) is 3.95. The molecule has 3 aromatic rings. The number of aromatic nitrogens is 1. The minimum Gasteiger partial charge on any atom is -0.479 e. The van der Waals surface area contributed by atoms with E-state index in [1.54, 1.807) is 31.7 Å². The fourth-order valence-corrected chi connectivity index (χ4v) is 4.99. The predicted octanol–water partition coefficient (Wildman–Crippen LogP) is 5.67. The third-order valence-electron chi connectivity index (χ3n) is 5.86. The zero-order chi connectivity index (χ0) is 26.0. The van der Waals surface area contributed by atoms with Gasteiger partial charge in [-0.25, -0.2) is 9.78 Å². The van der Waals surface area contributed by atoms with Crippen LogP contribution in [0.5, 0.6) is 5.75 Å². The first-order chi connectivity index (χ1) is 17.1. The average Bonchev–Trinajstić information content (AvgIpc) is 3.24. The molecule has 0 fully saturated rings. The van der Waals surface area contributed by atoms with Crippen LogP contribution < -0.4 is 4.74 Å². The van der Waals surface area contributed by atoms with Crippen LogP contribution in [0.1, 0.15) is 45.9 Å². The van der Waals surface area contributed by atoms with Crippen molar-refractivity contribution in [2.75, 3.05) is 13.2 Å². The molecule has 190 valence electrons. The Hall–Kier alpha value is -3.40. The van der Waals surface area contributed by atoms with Crippen LogP contribution in [-0.2, 0) is 28.7 Å². The summed E-state index contributed by atoms with van der Waals surface area (Å²) in [4.78, 5) is 31.7. The van der Waals surface area contributed by atoms with Crippen LogP contribution in [0.4, 0.5) is 13.2 Å². The van der Waals surface area contributed by atoms with Crippen LogP contribution in [0, 0.1) is 6.92 Å². The number of hydrogen-bond donors (Lipinski definition) is 0. The van der Waals surface area contributed by atoms with Gasteiger partial charge < -0.3 is 14.4 Å². The van der Waals surface area contributed by atoms with Crippen molar-refractivity contribution in [2.24, 2.45) is 0 Å². The Morgan fingerprint density at radius 2 is 1.86 bits per heavy atom. The van der Waals surface area contributed by atoms with Gasteiger partial charge in [0.2, 0.25) is 0 Å². The monoisotopic (exact) mass is 518 g/mol. The first-order valence-electron chi connectivity index (χ1n) is 11.5. The van der Waals surface area contributed by atoms with Crippen LogP contribution in [0.25, 0.3) is 10.6 Å². The minimum absolute atomic E-state index is 0.162. The number of fused-ring (bicyclic) bond motifs is 1. The van der Waals surface area contributed by atoms with Gasteiger partial charge in [-0.15, -0.1) is 11.3 Å². The second-order valence-corrected chi connectivity index (χ2v) is 9.43. The molecule has 2 aromatic carbocycles. The van der Waals surface area contributed by atoms with Gasteiger partial charge in [0.15, 0.2) is 6.10 Å². The molecule has 0 saturated carbocycles. The summed E-state index contributed by atoms with van der Waals surface area (Å²) < 4.78 is 49.2.